The lowest BCUT2D eigenvalue weighted by Gasteiger charge is -2.26. The quantitative estimate of drug-likeness (QED) is 0.728. The van der Waals surface area contributed by atoms with Crippen molar-refractivity contribution in [2.24, 2.45) is 5.92 Å². The van der Waals surface area contributed by atoms with E-state index in [1.165, 1.54) is 37.7 Å². The van der Waals surface area contributed by atoms with E-state index in [9.17, 15) is 4.79 Å². The lowest BCUT2D eigenvalue weighted by molar-refractivity contribution is 0.112. The van der Waals surface area contributed by atoms with Crippen LogP contribution in [0.1, 0.15) is 48.0 Å². The zero-order valence-corrected chi connectivity index (χ0v) is 10.0. The van der Waals surface area contributed by atoms with Crippen LogP contribution in [0.3, 0.4) is 0 Å². The number of ether oxygens (including phenoxy) is 1. The molecule has 2 heteroatoms. The normalized spacial score (nSPS) is 24.1. The highest BCUT2D eigenvalue weighted by Gasteiger charge is 2.31. The summed E-state index contributed by atoms with van der Waals surface area (Å²) in [5, 5.41) is 0. The molecule has 1 aliphatic heterocycles. The van der Waals surface area contributed by atoms with Crippen molar-refractivity contribution in [2.75, 3.05) is 0 Å². The van der Waals surface area contributed by atoms with Gasteiger partial charge in [0.1, 0.15) is 18.1 Å². The third kappa shape index (κ3) is 2.08. The van der Waals surface area contributed by atoms with Gasteiger partial charge < -0.3 is 4.74 Å². The van der Waals surface area contributed by atoms with Gasteiger partial charge in [-0.1, -0.05) is 19.3 Å². The summed E-state index contributed by atoms with van der Waals surface area (Å²) >= 11 is 0. The van der Waals surface area contributed by atoms with Crippen molar-refractivity contribution in [3.8, 4) is 5.75 Å². The highest BCUT2D eigenvalue weighted by Crippen LogP contribution is 2.37. The van der Waals surface area contributed by atoms with Gasteiger partial charge in [0.25, 0.3) is 0 Å². The standard InChI is InChI=1S/C15H18O2/c16-10-11-6-7-14-13(8-11)9-15(17-14)12-4-2-1-3-5-12/h6-8,10,12,15H,1-5,9H2/t15-/m0/s1. The maximum atomic E-state index is 10.7. The van der Waals surface area contributed by atoms with Gasteiger partial charge in [0.05, 0.1) is 0 Å². The van der Waals surface area contributed by atoms with Crippen molar-refractivity contribution in [2.45, 2.75) is 44.6 Å². The first-order chi connectivity index (χ1) is 8.36. The number of aldehydes is 1. The van der Waals surface area contributed by atoms with Gasteiger partial charge in [-0.3, -0.25) is 4.79 Å². The van der Waals surface area contributed by atoms with Crippen LogP contribution in [0.15, 0.2) is 18.2 Å². The van der Waals surface area contributed by atoms with Crippen LogP contribution in [0.25, 0.3) is 0 Å². The maximum absolute atomic E-state index is 10.7. The zero-order chi connectivity index (χ0) is 11.7. The van der Waals surface area contributed by atoms with Gasteiger partial charge in [0, 0.05) is 12.0 Å². The SMILES string of the molecule is O=Cc1ccc2c(c1)C[C@@H](C1CCCCC1)O2. The molecular weight excluding hydrogens is 212 g/mol. The molecule has 1 saturated carbocycles. The van der Waals surface area contributed by atoms with Gasteiger partial charge in [-0.2, -0.15) is 0 Å². The third-order valence-corrected chi connectivity index (χ3v) is 4.10. The molecule has 0 radical (unpaired) electrons. The Labute approximate surface area is 102 Å². The Hall–Kier alpha value is -1.31. The fourth-order valence-corrected chi connectivity index (χ4v) is 3.14. The first-order valence-electron chi connectivity index (χ1n) is 6.61. The zero-order valence-electron chi connectivity index (χ0n) is 10.0. The average molecular weight is 230 g/mol. The second-order valence-corrected chi connectivity index (χ2v) is 5.24. The van der Waals surface area contributed by atoms with Crippen LogP contribution in [-0.4, -0.2) is 12.4 Å². The van der Waals surface area contributed by atoms with Gasteiger partial charge in [-0.15, -0.1) is 0 Å². The Balaban J connectivity index is 1.75. The fourth-order valence-electron chi connectivity index (χ4n) is 3.14. The largest absolute Gasteiger partial charge is 0.490 e. The molecule has 0 aromatic heterocycles. The molecule has 0 N–H and O–H groups in total. The van der Waals surface area contributed by atoms with Crippen LogP contribution in [0.5, 0.6) is 5.75 Å². The number of hydrogen-bond acceptors (Lipinski definition) is 2. The van der Waals surface area contributed by atoms with Gasteiger partial charge in [-0.05, 0) is 42.5 Å². The lowest BCUT2D eigenvalue weighted by Crippen LogP contribution is -2.26. The van der Waals surface area contributed by atoms with E-state index >= 15 is 0 Å². The van der Waals surface area contributed by atoms with Crippen LogP contribution in [0.2, 0.25) is 0 Å². The fraction of sp³-hybridized carbons (Fsp3) is 0.533. The molecule has 0 amide bonds. The summed E-state index contributed by atoms with van der Waals surface area (Å²) in [6.45, 7) is 0. The molecule has 1 fully saturated rings. The molecule has 17 heavy (non-hydrogen) atoms. The van der Waals surface area contributed by atoms with E-state index in [-0.39, 0.29) is 0 Å². The highest BCUT2D eigenvalue weighted by atomic mass is 16.5. The highest BCUT2D eigenvalue weighted by molar-refractivity contribution is 5.75. The number of carbonyl (C=O) groups is 1. The Bertz CT molecular complexity index is 419. The Kier molecular flexibility index (Phi) is 2.87. The summed E-state index contributed by atoms with van der Waals surface area (Å²) in [7, 11) is 0. The summed E-state index contributed by atoms with van der Waals surface area (Å²) < 4.78 is 6.03. The van der Waals surface area contributed by atoms with E-state index in [1.54, 1.807) is 0 Å². The number of hydrogen-bond donors (Lipinski definition) is 0. The molecular formula is C15H18O2. The predicted molar refractivity (Wildman–Crippen MR) is 66.5 cm³/mol. The van der Waals surface area contributed by atoms with E-state index in [1.807, 2.05) is 18.2 Å². The molecule has 0 saturated heterocycles. The molecule has 1 aliphatic carbocycles. The van der Waals surface area contributed by atoms with E-state index in [2.05, 4.69) is 0 Å². The Morgan fingerprint density at radius 1 is 1.18 bits per heavy atom. The van der Waals surface area contributed by atoms with Crippen molar-refractivity contribution < 1.29 is 9.53 Å². The van der Waals surface area contributed by atoms with E-state index in [0.717, 1.165) is 29.9 Å². The summed E-state index contributed by atoms with van der Waals surface area (Å²) in [5.41, 5.74) is 1.97. The maximum Gasteiger partial charge on any atom is 0.150 e. The van der Waals surface area contributed by atoms with Crippen molar-refractivity contribution in [3.63, 3.8) is 0 Å². The van der Waals surface area contributed by atoms with Gasteiger partial charge in [0.2, 0.25) is 0 Å². The van der Waals surface area contributed by atoms with Gasteiger partial charge >= 0.3 is 0 Å². The van der Waals surface area contributed by atoms with E-state index < -0.39 is 0 Å². The van der Waals surface area contributed by atoms with Crippen LogP contribution in [0, 0.1) is 5.92 Å². The van der Waals surface area contributed by atoms with E-state index in [0.29, 0.717) is 6.10 Å². The minimum Gasteiger partial charge on any atom is -0.490 e. The summed E-state index contributed by atoms with van der Waals surface area (Å²) in [4.78, 5) is 10.7. The molecule has 1 atom stereocenters. The molecule has 2 nitrogen and oxygen atoms in total. The van der Waals surface area contributed by atoms with Crippen LogP contribution >= 0.6 is 0 Å². The van der Waals surface area contributed by atoms with E-state index in [4.69, 9.17) is 4.74 Å². The monoisotopic (exact) mass is 230 g/mol. The summed E-state index contributed by atoms with van der Waals surface area (Å²) in [5.74, 6) is 1.71. The molecule has 3 rings (SSSR count). The molecule has 2 aliphatic rings. The minimum atomic E-state index is 0.354. The van der Waals surface area contributed by atoms with Gasteiger partial charge in [0.15, 0.2) is 0 Å². The topological polar surface area (TPSA) is 26.3 Å². The van der Waals surface area contributed by atoms with Crippen molar-refractivity contribution in [1.82, 2.24) is 0 Å². The summed E-state index contributed by atoms with van der Waals surface area (Å²) in [6, 6.07) is 5.77. The third-order valence-electron chi connectivity index (χ3n) is 4.10. The van der Waals surface area contributed by atoms with Crippen LogP contribution < -0.4 is 4.74 Å². The van der Waals surface area contributed by atoms with Crippen molar-refractivity contribution in [3.05, 3.63) is 29.3 Å². The number of fused-ring (bicyclic) bond motifs is 1. The van der Waals surface area contributed by atoms with Crippen molar-refractivity contribution >= 4 is 6.29 Å². The second-order valence-electron chi connectivity index (χ2n) is 5.24. The molecule has 0 bridgehead atoms. The van der Waals surface area contributed by atoms with Crippen LogP contribution in [0.4, 0.5) is 0 Å². The molecule has 90 valence electrons. The van der Waals surface area contributed by atoms with Crippen LogP contribution in [-0.2, 0) is 6.42 Å². The molecule has 0 spiro atoms. The average Bonchev–Trinajstić information content (AvgIpc) is 2.82. The number of rotatable bonds is 2. The minimum absolute atomic E-state index is 0.354. The molecule has 1 heterocycles. The lowest BCUT2D eigenvalue weighted by atomic mass is 9.84. The molecule has 1 aromatic rings. The summed E-state index contributed by atoms with van der Waals surface area (Å²) in [6.07, 6.45) is 8.94. The Morgan fingerprint density at radius 2 is 2.00 bits per heavy atom. The first-order valence-corrected chi connectivity index (χ1v) is 6.61. The number of benzene rings is 1. The smallest absolute Gasteiger partial charge is 0.150 e. The molecule has 1 aromatic carbocycles. The first kappa shape index (κ1) is 10.8. The number of carbonyl (C=O) groups excluding carboxylic acids is 1. The van der Waals surface area contributed by atoms with Gasteiger partial charge in [-0.25, -0.2) is 0 Å². The molecule has 0 unspecified atom stereocenters. The van der Waals surface area contributed by atoms with Crippen molar-refractivity contribution in [1.29, 1.82) is 0 Å². The Morgan fingerprint density at radius 3 is 2.76 bits per heavy atom. The predicted octanol–water partition coefficient (Wildman–Crippen LogP) is 3.38. The second kappa shape index (κ2) is 4.52.